The number of carboxylic acid groups (broad SMARTS) is 1. The van der Waals surface area contributed by atoms with E-state index in [2.05, 4.69) is 21.2 Å². The summed E-state index contributed by atoms with van der Waals surface area (Å²) >= 11 is 9.37. The maximum Gasteiger partial charge on any atom is 0.308 e. The second-order valence-electron chi connectivity index (χ2n) is 5.29. The standard InChI is InChI=1S/C15H17BrClNO3/c16-12-6-5-10(17)8-9(12)4-7-14(19)18-13-3-1-2-11(13)15(20)21/h5-6,8,11,13H,1-4,7H2,(H,18,19)(H,20,21)/t11-,13+/m1/s1. The molecule has 0 spiro atoms. The zero-order valence-electron chi connectivity index (χ0n) is 11.4. The van der Waals surface area contributed by atoms with Gasteiger partial charge in [0.05, 0.1) is 5.92 Å². The number of amides is 1. The van der Waals surface area contributed by atoms with Crippen molar-refractivity contribution in [1.29, 1.82) is 0 Å². The predicted octanol–water partition coefficient (Wildman–Crippen LogP) is 3.40. The lowest BCUT2D eigenvalue weighted by atomic mass is 10.0. The largest absolute Gasteiger partial charge is 0.481 e. The van der Waals surface area contributed by atoms with Crippen molar-refractivity contribution in [2.45, 2.75) is 38.1 Å². The lowest BCUT2D eigenvalue weighted by Gasteiger charge is -2.17. The summed E-state index contributed by atoms with van der Waals surface area (Å²) in [5, 5.41) is 12.6. The number of benzene rings is 1. The van der Waals surface area contributed by atoms with Crippen LogP contribution in [-0.4, -0.2) is 23.0 Å². The molecule has 0 bridgehead atoms. The van der Waals surface area contributed by atoms with Crippen molar-refractivity contribution < 1.29 is 14.7 Å². The van der Waals surface area contributed by atoms with Gasteiger partial charge in [-0.3, -0.25) is 9.59 Å². The fourth-order valence-corrected chi connectivity index (χ4v) is 3.33. The van der Waals surface area contributed by atoms with E-state index >= 15 is 0 Å². The van der Waals surface area contributed by atoms with E-state index in [1.165, 1.54) is 0 Å². The van der Waals surface area contributed by atoms with Gasteiger partial charge in [-0.2, -0.15) is 0 Å². The van der Waals surface area contributed by atoms with Gasteiger partial charge in [-0.15, -0.1) is 0 Å². The van der Waals surface area contributed by atoms with E-state index in [1.807, 2.05) is 12.1 Å². The second-order valence-corrected chi connectivity index (χ2v) is 6.58. The van der Waals surface area contributed by atoms with Crippen LogP contribution in [0.1, 0.15) is 31.2 Å². The molecule has 0 aromatic heterocycles. The molecule has 4 nitrogen and oxygen atoms in total. The molecule has 2 rings (SSSR count). The van der Waals surface area contributed by atoms with Crippen molar-refractivity contribution in [1.82, 2.24) is 5.32 Å². The number of rotatable bonds is 5. The SMILES string of the molecule is O=C(CCc1cc(Cl)ccc1Br)N[C@H]1CCC[C@H]1C(=O)O. The van der Waals surface area contributed by atoms with Crippen LogP contribution in [0.5, 0.6) is 0 Å². The zero-order valence-corrected chi connectivity index (χ0v) is 13.8. The van der Waals surface area contributed by atoms with Crippen LogP contribution in [-0.2, 0) is 16.0 Å². The number of aryl methyl sites for hydroxylation is 1. The van der Waals surface area contributed by atoms with E-state index in [1.54, 1.807) is 6.07 Å². The first kappa shape index (κ1) is 16.3. The summed E-state index contributed by atoms with van der Waals surface area (Å²) in [6.45, 7) is 0. The molecule has 1 aliphatic carbocycles. The molecule has 1 aliphatic rings. The van der Waals surface area contributed by atoms with Crippen molar-refractivity contribution in [2.75, 3.05) is 0 Å². The zero-order chi connectivity index (χ0) is 15.4. The Morgan fingerprint density at radius 3 is 2.86 bits per heavy atom. The van der Waals surface area contributed by atoms with Crippen molar-refractivity contribution in [2.24, 2.45) is 5.92 Å². The Kier molecular flexibility index (Phi) is 5.65. The monoisotopic (exact) mass is 373 g/mol. The highest BCUT2D eigenvalue weighted by molar-refractivity contribution is 9.10. The van der Waals surface area contributed by atoms with Crippen LogP contribution in [0.4, 0.5) is 0 Å². The first-order valence-electron chi connectivity index (χ1n) is 6.93. The quantitative estimate of drug-likeness (QED) is 0.830. The lowest BCUT2D eigenvalue weighted by Crippen LogP contribution is -2.40. The van der Waals surface area contributed by atoms with E-state index < -0.39 is 11.9 Å². The molecule has 0 unspecified atom stereocenters. The molecule has 0 aliphatic heterocycles. The number of carbonyl (C=O) groups is 2. The molecule has 2 N–H and O–H groups in total. The van der Waals surface area contributed by atoms with Crippen LogP contribution in [0.25, 0.3) is 0 Å². The molecule has 114 valence electrons. The summed E-state index contributed by atoms with van der Waals surface area (Å²) in [6.07, 6.45) is 3.12. The van der Waals surface area contributed by atoms with Crippen molar-refractivity contribution in [3.05, 3.63) is 33.3 Å². The minimum absolute atomic E-state index is 0.111. The maximum atomic E-state index is 12.0. The smallest absolute Gasteiger partial charge is 0.308 e. The van der Waals surface area contributed by atoms with Gasteiger partial charge >= 0.3 is 5.97 Å². The fraction of sp³-hybridized carbons (Fsp3) is 0.467. The van der Waals surface area contributed by atoms with E-state index in [0.717, 1.165) is 22.9 Å². The number of halogens is 2. The Balaban J connectivity index is 1.87. The van der Waals surface area contributed by atoms with Crippen molar-refractivity contribution in [3.63, 3.8) is 0 Å². The van der Waals surface area contributed by atoms with E-state index in [-0.39, 0.29) is 11.9 Å². The summed E-state index contributed by atoms with van der Waals surface area (Å²) in [5.74, 6) is -1.39. The lowest BCUT2D eigenvalue weighted by molar-refractivity contribution is -0.142. The normalized spacial score (nSPS) is 21.2. The van der Waals surface area contributed by atoms with Crippen LogP contribution >= 0.6 is 27.5 Å². The van der Waals surface area contributed by atoms with Gasteiger partial charge in [-0.25, -0.2) is 0 Å². The second kappa shape index (κ2) is 7.27. The number of nitrogens with one attached hydrogen (secondary N) is 1. The third-order valence-electron chi connectivity index (χ3n) is 3.81. The molecule has 21 heavy (non-hydrogen) atoms. The van der Waals surface area contributed by atoms with Crippen LogP contribution in [0, 0.1) is 5.92 Å². The van der Waals surface area contributed by atoms with E-state index in [0.29, 0.717) is 24.3 Å². The van der Waals surface area contributed by atoms with Crippen LogP contribution in [0.15, 0.2) is 22.7 Å². The molecular weight excluding hydrogens is 358 g/mol. The van der Waals surface area contributed by atoms with Crippen molar-refractivity contribution >= 4 is 39.4 Å². The number of hydrogen-bond acceptors (Lipinski definition) is 2. The summed E-state index contributed by atoms with van der Waals surface area (Å²) in [4.78, 5) is 23.1. The minimum atomic E-state index is -0.824. The molecule has 1 aromatic carbocycles. The molecule has 0 heterocycles. The third-order valence-corrected chi connectivity index (χ3v) is 4.82. The van der Waals surface area contributed by atoms with Crippen LogP contribution < -0.4 is 5.32 Å². The summed E-state index contributed by atoms with van der Waals surface area (Å²) < 4.78 is 0.920. The average Bonchev–Trinajstić information content (AvgIpc) is 2.88. The number of aliphatic carboxylic acids is 1. The molecular formula is C15H17BrClNO3. The summed E-state index contributed by atoms with van der Waals surface area (Å²) in [5.41, 5.74) is 0.971. The average molecular weight is 375 g/mol. The van der Waals surface area contributed by atoms with Gasteiger partial charge in [0.15, 0.2) is 0 Å². The Hall–Kier alpha value is -1.07. The molecule has 0 radical (unpaired) electrons. The molecule has 1 aromatic rings. The van der Waals surface area contributed by atoms with Gasteiger partial charge in [-0.05, 0) is 43.0 Å². The van der Waals surface area contributed by atoms with Gasteiger partial charge in [-0.1, -0.05) is 34.0 Å². The molecule has 1 fully saturated rings. The number of hydrogen-bond donors (Lipinski definition) is 2. The number of carboxylic acids is 1. The number of carbonyl (C=O) groups excluding carboxylic acids is 1. The Morgan fingerprint density at radius 1 is 1.38 bits per heavy atom. The highest BCUT2D eigenvalue weighted by Gasteiger charge is 2.33. The van der Waals surface area contributed by atoms with Gasteiger partial charge in [0, 0.05) is 22.0 Å². The highest BCUT2D eigenvalue weighted by Crippen LogP contribution is 2.26. The van der Waals surface area contributed by atoms with Gasteiger partial charge in [0.2, 0.25) is 5.91 Å². The molecule has 1 amide bonds. The molecule has 0 saturated heterocycles. The Bertz CT molecular complexity index is 550. The van der Waals surface area contributed by atoms with Crippen molar-refractivity contribution in [3.8, 4) is 0 Å². The van der Waals surface area contributed by atoms with Crippen LogP contribution in [0.3, 0.4) is 0 Å². The van der Waals surface area contributed by atoms with Gasteiger partial charge in [0.25, 0.3) is 0 Å². The molecule has 1 saturated carbocycles. The Morgan fingerprint density at radius 2 is 2.14 bits per heavy atom. The van der Waals surface area contributed by atoms with Gasteiger partial charge < -0.3 is 10.4 Å². The third kappa shape index (κ3) is 4.45. The maximum absolute atomic E-state index is 12.0. The highest BCUT2D eigenvalue weighted by atomic mass is 79.9. The first-order valence-corrected chi connectivity index (χ1v) is 8.10. The predicted molar refractivity (Wildman–Crippen MR) is 84.4 cm³/mol. The van der Waals surface area contributed by atoms with E-state index in [4.69, 9.17) is 16.7 Å². The van der Waals surface area contributed by atoms with Crippen LogP contribution in [0.2, 0.25) is 5.02 Å². The molecule has 6 heteroatoms. The van der Waals surface area contributed by atoms with Gasteiger partial charge in [0.1, 0.15) is 0 Å². The topological polar surface area (TPSA) is 66.4 Å². The molecule has 2 atom stereocenters. The minimum Gasteiger partial charge on any atom is -0.481 e. The summed E-state index contributed by atoms with van der Waals surface area (Å²) in [6, 6.07) is 5.23. The first-order chi connectivity index (χ1) is 9.97. The Labute approximate surface area is 137 Å². The summed E-state index contributed by atoms with van der Waals surface area (Å²) in [7, 11) is 0. The van der Waals surface area contributed by atoms with E-state index in [9.17, 15) is 9.59 Å². The fourth-order valence-electron chi connectivity index (χ4n) is 2.69.